The number of anilines is 1. The average molecular weight is 338 g/mol. The molecule has 0 aromatic heterocycles. The van der Waals surface area contributed by atoms with Gasteiger partial charge in [-0.05, 0) is 51.0 Å². The SMILES string of the molecule is COc1cc(C#N)ccc1O[C@H](C)C(=O)Nc1c(C)cc(C)cc1C. The number of hydrogen-bond acceptors (Lipinski definition) is 4. The molecule has 1 N–H and O–H groups in total. The highest BCUT2D eigenvalue weighted by atomic mass is 16.5. The molecule has 0 spiro atoms. The second-order valence-electron chi connectivity index (χ2n) is 6.00. The Kier molecular flexibility index (Phi) is 5.66. The van der Waals surface area contributed by atoms with Crippen molar-refractivity contribution >= 4 is 11.6 Å². The maximum absolute atomic E-state index is 12.5. The van der Waals surface area contributed by atoms with Gasteiger partial charge in [0.25, 0.3) is 5.91 Å². The Bertz CT molecular complexity index is 814. The monoisotopic (exact) mass is 338 g/mol. The number of amides is 1. The van der Waals surface area contributed by atoms with Gasteiger partial charge in [-0.25, -0.2) is 0 Å². The lowest BCUT2D eigenvalue weighted by Crippen LogP contribution is -2.30. The molecule has 0 fully saturated rings. The number of nitrogens with one attached hydrogen (secondary N) is 1. The van der Waals surface area contributed by atoms with Crippen LogP contribution >= 0.6 is 0 Å². The summed E-state index contributed by atoms with van der Waals surface area (Å²) < 4.78 is 11.0. The first kappa shape index (κ1) is 18.3. The smallest absolute Gasteiger partial charge is 0.265 e. The van der Waals surface area contributed by atoms with E-state index in [9.17, 15) is 4.79 Å². The third kappa shape index (κ3) is 4.30. The summed E-state index contributed by atoms with van der Waals surface area (Å²) in [6.45, 7) is 7.62. The Hall–Kier alpha value is -3.00. The normalized spacial score (nSPS) is 11.4. The molecule has 0 radical (unpaired) electrons. The molecular weight excluding hydrogens is 316 g/mol. The maximum atomic E-state index is 12.5. The van der Waals surface area contributed by atoms with Crippen LogP contribution in [0.25, 0.3) is 0 Å². The molecular formula is C20H22N2O3. The van der Waals surface area contributed by atoms with Crippen LogP contribution in [0.3, 0.4) is 0 Å². The number of rotatable bonds is 5. The number of carbonyl (C=O) groups is 1. The fourth-order valence-electron chi connectivity index (χ4n) is 2.68. The molecule has 1 atom stereocenters. The standard InChI is InChI=1S/C20H22N2O3/c1-12-8-13(2)19(14(3)9-12)22-20(23)15(4)25-17-7-6-16(11-21)10-18(17)24-5/h6-10,15H,1-5H3,(H,22,23)/t15-/m1/s1. The van der Waals surface area contributed by atoms with E-state index < -0.39 is 6.10 Å². The summed E-state index contributed by atoms with van der Waals surface area (Å²) in [5, 5.41) is 11.9. The lowest BCUT2D eigenvalue weighted by Gasteiger charge is -2.19. The van der Waals surface area contributed by atoms with Crippen molar-refractivity contribution in [2.24, 2.45) is 0 Å². The number of hydrogen-bond donors (Lipinski definition) is 1. The van der Waals surface area contributed by atoms with E-state index in [0.29, 0.717) is 17.1 Å². The van der Waals surface area contributed by atoms with Crippen molar-refractivity contribution in [3.05, 3.63) is 52.6 Å². The largest absolute Gasteiger partial charge is 0.493 e. The molecule has 5 nitrogen and oxygen atoms in total. The molecule has 0 unspecified atom stereocenters. The van der Waals surface area contributed by atoms with Gasteiger partial charge in [-0.15, -0.1) is 0 Å². The number of nitriles is 1. The second kappa shape index (κ2) is 7.71. The van der Waals surface area contributed by atoms with Crippen molar-refractivity contribution in [1.29, 1.82) is 5.26 Å². The van der Waals surface area contributed by atoms with Crippen LogP contribution in [0.4, 0.5) is 5.69 Å². The van der Waals surface area contributed by atoms with Crippen LogP contribution < -0.4 is 14.8 Å². The summed E-state index contributed by atoms with van der Waals surface area (Å²) in [6.07, 6.45) is -0.720. The fraction of sp³-hybridized carbons (Fsp3) is 0.300. The van der Waals surface area contributed by atoms with Crippen molar-refractivity contribution in [3.8, 4) is 17.6 Å². The maximum Gasteiger partial charge on any atom is 0.265 e. The van der Waals surface area contributed by atoms with Gasteiger partial charge in [0, 0.05) is 11.8 Å². The molecule has 0 heterocycles. The van der Waals surface area contributed by atoms with Crippen molar-refractivity contribution in [2.45, 2.75) is 33.8 Å². The van der Waals surface area contributed by atoms with Gasteiger partial charge >= 0.3 is 0 Å². The first-order chi connectivity index (χ1) is 11.8. The van der Waals surface area contributed by atoms with E-state index in [2.05, 4.69) is 5.32 Å². The van der Waals surface area contributed by atoms with E-state index in [1.807, 2.05) is 39.0 Å². The Morgan fingerprint density at radius 1 is 1.12 bits per heavy atom. The molecule has 0 saturated carbocycles. The van der Waals surface area contributed by atoms with E-state index in [0.717, 1.165) is 22.4 Å². The molecule has 0 bridgehead atoms. The van der Waals surface area contributed by atoms with Gasteiger partial charge in [-0.3, -0.25) is 4.79 Å². The van der Waals surface area contributed by atoms with Crippen LogP contribution in [0.2, 0.25) is 0 Å². The molecule has 0 aliphatic carbocycles. The molecule has 2 aromatic rings. The summed E-state index contributed by atoms with van der Waals surface area (Å²) in [5.41, 5.74) is 4.44. The Morgan fingerprint density at radius 3 is 2.32 bits per heavy atom. The average Bonchev–Trinajstić information content (AvgIpc) is 2.58. The van der Waals surface area contributed by atoms with Crippen LogP contribution in [0.5, 0.6) is 11.5 Å². The lowest BCUT2D eigenvalue weighted by atomic mass is 10.0. The minimum Gasteiger partial charge on any atom is -0.493 e. The predicted octanol–water partition coefficient (Wildman–Crippen LogP) is 3.90. The number of methoxy groups -OCH3 is 1. The van der Waals surface area contributed by atoms with E-state index in [1.54, 1.807) is 25.1 Å². The van der Waals surface area contributed by atoms with E-state index in [1.165, 1.54) is 7.11 Å². The molecule has 1 amide bonds. The molecule has 2 aromatic carbocycles. The highest BCUT2D eigenvalue weighted by molar-refractivity contribution is 5.95. The summed E-state index contributed by atoms with van der Waals surface area (Å²) in [7, 11) is 1.49. The Morgan fingerprint density at radius 2 is 1.76 bits per heavy atom. The molecule has 130 valence electrons. The van der Waals surface area contributed by atoms with Crippen molar-refractivity contribution in [2.75, 3.05) is 12.4 Å². The van der Waals surface area contributed by atoms with Crippen LogP contribution in [-0.2, 0) is 4.79 Å². The summed E-state index contributed by atoms with van der Waals surface area (Å²) in [4.78, 5) is 12.5. The molecule has 25 heavy (non-hydrogen) atoms. The molecule has 0 saturated heterocycles. The quantitative estimate of drug-likeness (QED) is 0.897. The summed E-state index contributed by atoms with van der Waals surface area (Å²) in [5.74, 6) is 0.587. The van der Waals surface area contributed by atoms with Gasteiger partial charge in [-0.1, -0.05) is 17.7 Å². The third-order valence-electron chi connectivity index (χ3n) is 3.89. The molecule has 5 heteroatoms. The van der Waals surface area contributed by atoms with Gasteiger partial charge in [0.05, 0.1) is 18.7 Å². The van der Waals surface area contributed by atoms with Crippen molar-refractivity contribution in [1.82, 2.24) is 0 Å². The van der Waals surface area contributed by atoms with Crippen LogP contribution in [-0.4, -0.2) is 19.1 Å². The fourth-order valence-corrected chi connectivity index (χ4v) is 2.68. The van der Waals surface area contributed by atoms with Crippen LogP contribution in [0.15, 0.2) is 30.3 Å². The third-order valence-corrected chi connectivity index (χ3v) is 3.89. The van der Waals surface area contributed by atoms with E-state index in [4.69, 9.17) is 14.7 Å². The van der Waals surface area contributed by atoms with Gasteiger partial charge in [0.15, 0.2) is 17.6 Å². The predicted molar refractivity (Wildman–Crippen MR) is 97.1 cm³/mol. The molecule has 0 aliphatic rings. The van der Waals surface area contributed by atoms with Crippen LogP contribution in [0, 0.1) is 32.1 Å². The van der Waals surface area contributed by atoms with Crippen molar-refractivity contribution < 1.29 is 14.3 Å². The first-order valence-electron chi connectivity index (χ1n) is 7.99. The number of nitrogens with zero attached hydrogens (tertiary/aromatic N) is 1. The van der Waals surface area contributed by atoms with Gasteiger partial charge in [0.1, 0.15) is 0 Å². The molecule has 2 rings (SSSR count). The zero-order valence-corrected chi connectivity index (χ0v) is 15.1. The molecule has 0 aliphatic heterocycles. The zero-order chi connectivity index (χ0) is 18.6. The minimum atomic E-state index is -0.720. The Labute approximate surface area is 148 Å². The van der Waals surface area contributed by atoms with Gasteiger partial charge in [0.2, 0.25) is 0 Å². The van der Waals surface area contributed by atoms with Gasteiger partial charge in [-0.2, -0.15) is 5.26 Å². The highest BCUT2D eigenvalue weighted by Crippen LogP contribution is 2.29. The van der Waals surface area contributed by atoms with Gasteiger partial charge < -0.3 is 14.8 Å². The van der Waals surface area contributed by atoms with E-state index in [-0.39, 0.29) is 5.91 Å². The number of benzene rings is 2. The second-order valence-corrected chi connectivity index (χ2v) is 6.00. The highest BCUT2D eigenvalue weighted by Gasteiger charge is 2.19. The van der Waals surface area contributed by atoms with Crippen LogP contribution in [0.1, 0.15) is 29.2 Å². The van der Waals surface area contributed by atoms with E-state index >= 15 is 0 Å². The Balaban J connectivity index is 2.15. The number of carbonyl (C=O) groups excluding carboxylic acids is 1. The summed E-state index contributed by atoms with van der Waals surface area (Å²) >= 11 is 0. The first-order valence-corrected chi connectivity index (χ1v) is 7.99. The summed E-state index contributed by atoms with van der Waals surface area (Å²) in [6, 6.07) is 10.9. The van der Waals surface area contributed by atoms with Crippen molar-refractivity contribution in [3.63, 3.8) is 0 Å². The number of aryl methyl sites for hydroxylation is 3. The lowest BCUT2D eigenvalue weighted by molar-refractivity contribution is -0.122. The minimum absolute atomic E-state index is 0.249. The number of ether oxygens (including phenoxy) is 2. The topological polar surface area (TPSA) is 71.3 Å². The zero-order valence-electron chi connectivity index (χ0n) is 15.1.